The van der Waals surface area contributed by atoms with Crippen molar-refractivity contribution in [3.8, 4) is 0 Å². The first-order valence-electron chi connectivity index (χ1n) is 5.45. The molecule has 0 fully saturated rings. The molecule has 6 nitrogen and oxygen atoms in total. The summed E-state index contributed by atoms with van der Waals surface area (Å²) < 4.78 is 1.60. The third-order valence-corrected chi connectivity index (χ3v) is 3.47. The van der Waals surface area contributed by atoms with Gasteiger partial charge in [0, 0.05) is 12.1 Å². The Bertz CT molecular complexity index is 615. The molecule has 0 atom stereocenters. The Morgan fingerprint density at radius 1 is 1.44 bits per heavy atom. The van der Waals surface area contributed by atoms with Crippen molar-refractivity contribution >= 4 is 17.0 Å². The Kier molecular flexibility index (Phi) is 3.52. The van der Waals surface area contributed by atoms with E-state index in [4.69, 9.17) is 5.41 Å². The van der Waals surface area contributed by atoms with Crippen LogP contribution in [-0.2, 0) is 13.0 Å². The Hall–Kier alpha value is -2.02. The van der Waals surface area contributed by atoms with Crippen molar-refractivity contribution in [3.05, 3.63) is 49.8 Å². The highest BCUT2D eigenvalue weighted by atomic mass is 32.1. The van der Waals surface area contributed by atoms with Gasteiger partial charge in [-0.2, -0.15) is 5.10 Å². The fourth-order valence-corrected chi connectivity index (χ4v) is 2.23. The van der Waals surface area contributed by atoms with E-state index in [0.717, 1.165) is 17.0 Å². The molecule has 94 valence electrons. The zero-order chi connectivity index (χ0) is 13.1. The number of hydrogen-bond donors (Lipinski definition) is 1. The van der Waals surface area contributed by atoms with Crippen LogP contribution in [0, 0.1) is 15.5 Å². The molecule has 7 heteroatoms. The average molecular weight is 264 g/mol. The number of nitrogens with zero attached hydrogens (tertiary/aromatic N) is 3. The summed E-state index contributed by atoms with van der Waals surface area (Å²) in [6, 6.07) is 6.31. The van der Waals surface area contributed by atoms with Gasteiger partial charge in [0.1, 0.15) is 5.01 Å². The fraction of sp³-hybridized carbons (Fsp3) is 0.273. The first kappa shape index (κ1) is 12.4. The standard InChI is InChI=1S/C11H12N4O2S/c1-2-10-13-14(11(12)18-10)7-8-3-5-9(6-4-8)15(16)17/h3-6,12H,2,7H2,1H3. The van der Waals surface area contributed by atoms with Crippen molar-refractivity contribution in [3.63, 3.8) is 0 Å². The second-order valence-electron chi connectivity index (χ2n) is 3.74. The lowest BCUT2D eigenvalue weighted by Crippen LogP contribution is -2.15. The topological polar surface area (TPSA) is 84.8 Å². The number of nitrogens with one attached hydrogen (secondary N) is 1. The van der Waals surface area contributed by atoms with E-state index >= 15 is 0 Å². The molecule has 0 saturated heterocycles. The molecule has 1 heterocycles. The van der Waals surface area contributed by atoms with E-state index in [1.54, 1.807) is 16.8 Å². The third kappa shape index (κ3) is 2.62. The summed E-state index contributed by atoms with van der Waals surface area (Å²) in [6.45, 7) is 2.46. The molecular weight excluding hydrogens is 252 g/mol. The van der Waals surface area contributed by atoms with Gasteiger partial charge in [-0.1, -0.05) is 30.4 Å². The third-order valence-electron chi connectivity index (χ3n) is 2.46. The van der Waals surface area contributed by atoms with Gasteiger partial charge in [-0.3, -0.25) is 15.5 Å². The van der Waals surface area contributed by atoms with E-state index in [1.165, 1.54) is 23.5 Å². The van der Waals surface area contributed by atoms with Crippen molar-refractivity contribution in [2.24, 2.45) is 0 Å². The molecule has 2 aromatic rings. The number of rotatable bonds is 4. The highest BCUT2D eigenvalue weighted by Gasteiger charge is 2.06. The summed E-state index contributed by atoms with van der Waals surface area (Å²) in [6.07, 6.45) is 0.809. The molecule has 0 aliphatic rings. The summed E-state index contributed by atoms with van der Waals surface area (Å²) in [5, 5.41) is 23.5. The molecule has 0 radical (unpaired) electrons. The lowest BCUT2D eigenvalue weighted by molar-refractivity contribution is -0.384. The van der Waals surface area contributed by atoms with Crippen molar-refractivity contribution in [1.82, 2.24) is 9.78 Å². The van der Waals surface area contributed by atoms with Gasteiger partial charge in [0.25, 0.3) is 5.69 Å². The molecule has 0 bridgehead atoms. The highest BCUT2D eigenvalue weighted by Crippen LogP contribution is 2.12. The van der Waals surface area contributed by atoms with Gasteiger partial charge in [-0.25, -0.2) is 4.68 Å². The van der Waals surface area contributed by atoms with Crippen LogP contribution in [0.25, 0.3) is 0 Å². The minimum atomic E-state index is -0.426. The smallest absolute Gasteiger partial charge is 0.269 e. The van der Waals surface area contributed by atoms with Gasteiger partial charge >= 0.3 is 0 Å². The molecule has 0 unspecified atom stereocenters. The van der Waals surface area contributed by atoms with E-state index in [9.17, 15) is 10.1 Å². The Morgan fingerprint density at radius 2 is 2.11 bits per heavy atom. The molecular formula is C11H12N4O2S. The van der Waals surface area contributed by atoms with Gasteiger partial charge in [-0.15, -0.1) is 0 Å². The molecule has 18 heavy (non-hydrogen) atoms. The van der Waals surface area contributed by atoms with Crippen molar-refractivity contribution in [2.75, 3.05) is 0 Å². The number of hydrogen-bond acceptors (Lipinski definition) is 5. The van der Waals surface area contributed by atoms with Crippen LogP contribution >= 0.6 is 11.3 Å². The first-order valence-corrected chi connectivity index (χ1v) is 6.26. The van der Waals surface area contributed by atoms with Crippen LogP contribution in [0.3, 0.4) is 0 Å². The van der Waals surface area contributed by atoms with Crippen LogP contribution in [-0.4, -0.2) is 14.7 Å². The maximum absolute atomic E-state index is 10.5. The SMILES string of the molecule is CCc1nn(Cc2ccc([N+](=O)[O-])cc2)c(=N)s1. The van der Waals surface area contributed by atoms with Crippen LogP contribution in [0.2, 0.25) is 0 Å². The number of nitro benzene ring substituents is 1. The Morgan fingerprint density at radius 3 is 2.61 bits per heavy atom. The van der Waals surface area contributed by atoms with Gasteiger partial charge in [0.15, 0.2) is 0 Å². The van der Waals surface area contributed by atoms with E-state index in [2.05, 4.69) is 5.10 Å². The van der Waals surface area contributed by atoms with Gasteiger partial charge in [0.2, 0.25) is 4.80 Å². The maximum atomic E-state index is 10.5. The molecule has 0 aliphatic carbocycles. The van der Waals surface area contributed by atoms with Gasteiger partial charge < -0.3 is 0 Å². The van der Waals surface area contributed by atoms with E-state index in [1.807, 2.05) is 6.92 Å². The minimum Gasteiger partial charge on any atom is -0.274 e. The van der Waals surface area contributed by atoms with Gasteiger partial charge in [-0.05, 0) is 12.0 Å². The average Bonchev–Trinajstić information content (AvgIpc) is 2.71. The number of aromatic nitrogens is 2. The molecule has 2 rings (SSSR count). The van der Waals surface area contributed by atoms with Crippen molar-refractivity contribution in [1.29, 1.82) is 5.41 Å². The maximum Gasteiger partial charge on any atom is 0.269 e. The number of nitro groups is 1. The predicted molar refractivity (Wildman–Crippen MR) is 67.5 cm³/mol. The number of non-ortho nitro benzene ring substituents is 1. The molecule has 0 aliphatic heterocycles. The highest BCUT2D eigenvalue weighted by molar-refractivity contribution is 7.08. The zero-order valence-corrected chi connectivity index (χ0v) is 10.6. The largest absolute Gasteiger partial charge is 0.274 e. The van der Waals surface area contributed by atoms with Crippen LogP contribution in [0.15, 0.2) is 24.3 Å². The summed E-state index contributed by atoms with van der Waals surface area (Å²) in [5.41, 5.74) is 0.967. The summed E-state index contributed by atoms with van der Waals surface area (Å²) in [4.78, 5) is 10.5. The molecule has 0 amide bonds. The van der Waals surface area contributed by atoms with E-state index in [0.29, 0.717) is 11.3 Å². The van der Waals surface area contributed by atoms with Gasteiger partial charge in [0.05, 0.1) is 11.5 Å². The monoisotopic (exact) mass is 264 g/mol. The van der Waals surface area contributed by atoms with Crippen LogP contribution in [0.4, 0.5) is 5.69 Å². The van der Waals surface area contributed by atoms with Crippen molar-refractivity contribution in [2.45, 2.75) is 19.9 Å². The summed E-state index contributed by atoms with van der Waals surface area (Å²) in [7, 11) is 0. The normalized spacial score (nSPS) is 10.5. The fourth-order valence-electron chi connectivity index (χ4n) is 1.51. The number of benzene rings is 1. The Labute approximate surface area is 107 Å². The lowest BCUT2D eigenvalue weighted by Gasteiger charge is -2.00. The molecule has 1 N–H and O–H groups in total. The zero-order valence-electron chi connectivity index (χ0n) is 9.79. The predicted octanol–water partition coefficient (Wildman–Crippen LogP) is 1.94. The second-order valence-corrected chi connectivity index (χ2v) is 4.80. The molecule has 0 saturated carbocycles. The molecule has 0 spiro atoms. The molecule has 1 aromatic heterocycles. The van der Waals surface area contributed by atoms with Crippen LogP contribution in [0.1, 0.15) is 17.5 Å². The Balaban J connectivity index is 2.20. The minimum absolute atomic E-state index is 0.0716. The first-order chi connectivity index (χ1) is 8.60. The quantitative estimate of drug-likeness (QED) is 0.676. The van der Waals surface area contributed by atoms with Crippen LogP contribution in [0.5, 0.6) is 0 Å². The van der Waals surface area contributed by atoms with E-state index < -0.39 is 4.92 Å². The second kappa shape index (κ2) is 5.09. The van der Waals surface area contributed by atoms with Crippen molar-refractivity contribution < 1.29 is 4.92 Å². The van der Waals surface area contributed by atoms with E-state index in [-0.39, 0.29) is 5.69 Å². The lowest BCUT2D eigenvalue weighted by atomic mass is 10.2. The molecule has 1 aromatic carbocycles. The number of aryl methyl sites for hydroxylation is 1. The van der Waals surface area contributed by atoms with Crippen LogP contribution < -0.4 is 4.80 Å². The summed E-state index contributed by atoms with van der Waals surface area (Å²) in [5.74, 6) is 0. The summed E-state index contributed by atoms with van der Waals surface area (Å²) >= 11 is 1.35.